The molecule has 1 aromatic carbocycles. The van der Waals surface area contributed by atoms with Crippen molar-refractivity contribution in [1.29, 1.82) is 0 Å². The van der Waals surface area contributed by atoms with Crippen LogP contribution < -0.4 is 5.32 Å². The molecule has 0 bridgehead atoms. The van der Waals surface area contributed by atoms with Gasteiger partial charge in [-0.2, -0.15) is 0 Å². The Kier molecular flexibility index (Phi) is 4.38. The molecule has 0 aromatic heterocycles. The van der Waals surface area contributed by atoms with Gasteiger partial charge in [-0.15, -0.1) is 0 Å². The van der Waals surface area contributed by atoms with Crippen molar-refractivity contribution in [3.8, 4) is 0 Å². The van der Waals surface area contributed by atoms with Crippen molar-refractivity contribution in [1.82, 2.24) is 0 Å². The van der Waals surface area contributed by atoms with Crippen LogP contribution in [0.1, 0.15) is 5.56 Å². The van der Waals surface area contributed by atoms with E-state index in [0.29, 0.717) is 0 Å². The van der Waals surface area contributed by atoms with Gasteiger partial charge in [-0.05, 0) is 18.6 Å². The average Bonchev–Trinajstić information content (AvgIpc) is 2.41. The molecule has 1 fully saturated rings. The molecule has 1 aromatic rings. The van der Waals surface area contributed by atoms with Crippen LogP contribution in [0.3, 0.4) is 0 Å². The van der Waals surface area contributed by atoms with Crippen molar-refractivity contribution in [3.63, 3.8) is 0 Å². The van der Waals surface area contributed by atoms with Crippen molar-refractivity contribution in [2.45, 2.75) is 37.6 Å². The van der Waals surface area contributed by atoms with E-state index >= 15 is 0 Å². The second-order valence-electron chi connectivity index (χ2n) is 4.71. The predicted octanol–water partition coefficient (Wildman–Crippen LogP) is -0.793. The highest BCUT2D eigenvalue weighted by molar-refractivity contribution is 5.50. The van der Waals surface area contributed by atoms with Gasteiger partial charge in [0.2, 0.25) is 0 Å². The molecule has 2 rings (SSSR count). The predicted molar refractivity (Wildman–Crippen MR) is 68.6 cm³/mol. The number of aliphatic hydroxyl groups excluding tert-OH is 4. The van der Waals surface area contributed by atoms with Gasteiger partial charge in [0, 0.05) is 5.69 Å². The molecular weight excluding hydrogens is 250 g/mol. The van der Waals surface area contributed by atoms with Crippen LogP contribution in [0.15, 0.2) is 24.3 Å². The Morgan fingerprint density at radius 2 is 1.79 bits per heavy atom. The lowest BCUT2D eigenvalue weighted by atomic mass is 9.98. The first-order valence-corrected chi connectivity index (χ1v) is 6.17. The minimum atomic E-state index is -1.37. The number of rotatable bonds is 3. The first-order valence-electron chi connectivity index (χ1n) is 6.17. The lowest BCUT2D eigenvalue weighted by Crippen LogP contribution is -2.60. The largest absolute Gasteiger partial charge is 0.394 e. The minimum absolute atomic E-state index is 0.434. The molecule has 0 spiro atoms. The fourth-order valence-electron chi connectivity index (χ4n) is 2.11. The molecule has 0 radical (unpaired) electrons. The van der Waals surface area contributed by atoms with Gasteiger partial charge in [-0.3, -0.25) is 0 Å². The number of aliphatic hydroxyl groups is 4. The standard InChI is InChI=1S/C13H19NO5/c1-7-4-2-3-5-8(7)14-13-12(18)11(17)10(16)9(6-15)19-13/h2-5,9-18H,6H2,1H3/t9-,10-,11+,12+,13?/m1/s1. The number of benzene rings is 1. The minimum Gasteiger partial charge on any atom is -0.394 e. The van der Waals surface area contributed by atoms with Gasteiger partial charge in [0.1, 0.15) is 24.4 Å². The number of para-hydroxylation sites is 1. The monoisotopic (exact) mass is 269 g/mol. The molecule has 0 amide bonds. The lowest BCUT2D eigenvalue weighted by molar-refractivity contribution is -0.221. The number of aryl methyl sites for hydroxylation is 1. The van der Waals surface area contributed by atoms with Crippen molar-refractivity contribution in [3.05, 3.63) is 29.8 Å². The average molecular weight is 269 g/mol. The number of nitrogens with one attached hydrogen (secondary N) is 1. The zero-order valence-corrected chi connectivity index (χ0v) is 10.6. The van der Waals surface area contributed by atoms with E-state index in [2.05, 4.69) is 5.32 Å². The molecule has 1 aliphatic heterocycles. The summed E-state index contributed by atoms with van der Waals surface area (Å²) in [5.74, 6) is 0. The fourth-order valence-corrected chi connectivity index (χ4v) is 2.11. The van der Waals surface area contributed by atoms with E-state index in [1.807, 2.05) is 31.2 Å². The number of hydrogen-bond acceptors (Lipinski definition) is 6. The molecule has 5 N–H and O–H groups in total. The van der Waals surface area contributed by atoms with Gasteiger partial charge in [-0.1, -0.05) is 18.2 Å². The Hall–Kier alpha value is -1.18. The quantitative estimate of drug-likeness (QED) is 0.493. The van der Waals surface area contributed by atoms with Crippen molar-refractivity contribution in [2.75, 3.05) is 11.9 Å². The summed E-state index contributed by atoms with van der Waals surface area (Å²) in [5, 5.41) is 41.3. The second kappa shape index (κ2) is 5.85. The van der Waals surface area contributed by atoms with E-state index in [1.54, 1.807) is 0 Å². The summed E-state index contributed by atoms with van der Waals surface area (Å²) in [4.78, 5) is 0. The van der Waals surface area contributed by atoms with E-state index in [4.69, 9.17) is 9.84 Å². The molecule has 1 aliphatic rings. The Morgan fingerprint density at radius 1 is 1.11 bits per heavy atom. The van der Waals surface area contributed by atoms with Gasteiger partial charge in [-0.25, -0.2) is 0 Å². The third kappa shape index (κ3) is 2.88. The van der Waals surface area contributed by atoms with Crippen molar-refractivity contribution >= 4 is 5.69 Å². The number of hydrogen-bond donors (Lipinski definition) is 5. The van der Waals surface area contributed by atoms with Gasteiger partial charge in [0.05, 0.1) is 6.61 Å². The summed E-state index contributed by atoms with van der Waals surface area (Å²) in [6.45, 7) is 1.46. The van der Waals surface area contributed by atoms with E-state index < -0.39 is 37.3 Å². The maximum Gasteiger partial charge on any atom is 0.157 e. The first kappa shape index (κ1) is 14.2. The Balaban J connectivity index is 2.13. The highest BCUT2D eigenvalue weighted by Crippen LogP contribution is 2.24. The summed E-state index contributed by atoms with van der Waals surface area (Å²) in [6, 6.07) is 7.43. The van der Waals surface area contributed by atoms with Crippen LogP contribution in [0.5, 0.6) is 0 Å². The topological polar surface area (TPSA) is 102 Å². The smallest absolute Gasteiger partial charge is 0.157 e. The van der Waals surface area contributed by atoms with Gasteiger partial charge in [0.15, 0.2) is 6.23 Å². The maximum atomic E-state index is 9.89. The normalized spacial score (nSPS) is 35.1. The van der Waals surface area contributed by atoms with Crippen LogP contribution in [0.2, 0.25) is 0 Å². The SMILES string of the molecule is Cc1ccccc1NC1O[C@H](CO)[C@@H](O)[C@H](O)[C@@H]1O. The summed E-state index contributed by atoms with van der Waals surface area (Å²) >= 11 is 0. The zero-order valence-electron chi connectivity index (χ0n) is 10.6. The highest BCUT2D eigenvalue weighted by Gasteiger charge is 2.43. The van der Waals surface area contributed by atoms with Gasteiger partial charge in [0.25, 0.3) is 0 Å². The molecule has 106 valence electrons. The van der Waals surface area contributed by atoms with Crippen molar-refractivity contribution < 1.29 is 25.2 Å². The van der Waals surface area contributed by atoms with Crippen LogP contribution in [-0.2, 0) is 4.74 Å². The number of ether oxygens (including phenoxy) is 1. The zero-order chi connectivity index (χ0) is 14.0. The van der Waals surface area contributed by atoms with Crippen LogP contribution in [0.4, 0.5) is 5.69 Å². The summed E-state index contributed by atoms with van der Waals surface area (Å²) in [7, 11) is 0. The van der Waals surface area contributed by atoms with Gasteiger partial charge < -0.3 is 30.5 Å². The second-order valence-corrected chi connectivity index (χ2v) is 4.71. The number of anilines is 1. The fraction of sp³-hybridized carbons (Fsp3) is 0.538. The first-order chi connectivity index (χ1) is 9.04. The Morgan fingerprint density at radius 3 is 2.42 bits per heavy atom. The molecule has 6 heteroatoms. The Bertz CT molecular complexity index is 425. The molecular formula is C13H19NO5. The molecule has 0 aliphatic carbocycles. The maximum absolute atomic E-state index is 9.89. The van der Waals surface area contributed by atoms with E-state index in [9.17, 15) is 15.3 Å². The summed E-state index contributed by atoms with van der Waals surface area (Å²) in [6.07, 6.45) is -5.78. The molecule has 19 heavy (non-hydrogen) atoms. The highest BCUT2D eigenvalue weighted by atomic mass is 16.6. The molecule has 1 saturated heterocycles. The molecule has 0 saturated carbocycles. The molecule has 1 heterocycles. The summed E-state index contributed by atoms with van der Waals surface area (Å²) < 4.78 is 5.37. The molecule has 5 atom stereocenters. The van der Waals surface area contributed by atoms with Crippen LogP contribution in [0.25, 0.3) is 0 Å². The van der Waals surface area contributed by atoms with Crippen molar-refractivity contribution in [2.24, 2.45) is 0 Å². The molecule has 6 nitrogen and oxygen atoms in total. The van der Waals surface area contributed by atoms with E-state index in [1.165, 1.54) is 0 Å². The van der Waals surface area contributed by atoms with Crippen LogP contribution in [-0.4, -0.2) is 57.7 Å². The van der Waals surface area contributed by atoms with E-state index in [0.717, 1.165) is 11.3 Å². The molecule has 1 unspecified atom stereocenters. The third-order valence-electron chi connectivity index (χ3n) is 3.34. The van der Waals surface area contributed by atoms with Crippen LogP contribution >= 0.6 is 0 Å². The van der Waals surface area contributed by atoms with Gasteiger partial charge >= 0.3 is 0 Å². The lowest BCUT2D eigenvalue weighted by Gasteiger charge is -2.40. The Labute approximate surface area is 111 Å². The third-order valence-corrected chi connectivity index (χ3v) is 3.34. The van der Waals surface area contributed by atoms with E-state index in [-0.39, 0.29) is 0 Å². The summed E-state index contributed by atoms with van der Waals surface area (Å²) in [5.41, 5.74) is 1.71. The van der Waals surface area contributed by atoms with Crippen LogP contribution in [0, 0.1) is 6.92 Å².